The maximum atomic E-state index is 12.6. The van der Waals surface area contributed by atoms with Gasteiger partial charge in [0, 0.05) is 35.8 Å². The first-order valence-corrected chi connectivity index (χ1v) is 8.38. The van der Waals surface area contributed by atoms with E-state index in [1.165, 1.54) is 0 Å². The molecule has 1 aromatic heterocycles. The number of nitrogens with one attached hydrogen (secondary N) is 2. The smallest absolute Gasteiger partial charge is 0.292 e. The van der Waals surface area contributed by atoms with Crippen LogP contribution in [0.3, 0.4) is 0 Å². The Hall–Kier alpha value is -2.34. The molecule has 0 radical (unpaired) electrons. The number of carbonyl (C=O) groups is 2. The van der Waals surface area contributed by atoms with Gasteiger partial charge in [-0.2, -0.15) is 0 Å². The largest absolute Gasteiger partial charge is 0.497 e. The molecular weight excluding hydrogens is 306 g/mol. The van der Waals surface area contributed by atoms with E-state index in [9.17, 15) is 9.59 Å². The number of benzene rings is 1. The van der Waals surface area contributed by atoms with Crippen LogP contribution in [-0.4, -0.2) is 54.4 Å². The molecule has 2 aromatic rings. The van der Waals surface area contributed by atoms with Crippen molar-refractivity contribution in [3.05, 3.63) is 30.0 Å². The minimum Gasteiger partial charge on any atom is -0.497 e. The second kappa shape index (κ2) is 5.94. The van der Waals surface area contributed by atoms with Crippen LogP contribution in [0.15, 0.2) is 24.4 Å². The highest BCUT2D eigenvalue weighted by Gasteiger charge is 2.36. The van der Waals surface area contributed by atoms with Crippen LogP contribution in [0, 0.1) is 5.92 Å². The molecule has 6 heteroatoms. The van der Waals surface area contributed by atoms with Gasteiger partial charge >= 0.3 is 0 Å². The molecule has 3 fully saturated rings. The van der Waals surface area contributed by atoms with E-state index in [1.54, 1.807) is 25.4 Å². The van der Waals surface area contributed by atoms with E-state index in [4.69, 9.17) is 4.74 Å². The molecule has 6 nitrogen and oxygen atoms in total. The number of hydrogen-bond donors (Lipinski definition) is 2. The molecule has 126 valence electrons. The number of fused-ring (bicyclic) bond motifs is 4. The maximum absolute atomic E-state index is 12.6. The summed E-state index contributed by atoms with van der Waals surface area (Å²) in [7, 11) is 1.59. The third kappa shape index (κ3) is 2.57. The van der Waals surface area contributed by atoms with Crippen molar-refractivity contribution >= 4 is 22.6 Å². The number of H-pyrrole nitrogens is 1. The minimum absolute atomic E-state index is 0.0919. The van der Waals surface area contributed by atoms with Crippen molar-refractivity contribution in [2.24, 2.45) is 5.92 Å². The number of aromatic nitrogens is 1. The van der Waals surface area contributed by atoms with Gasteiger partial charge in [0.15, 0.2) is 0 Å². The molecule has 2 N–H and O–H groups in total. The van der Waals surface area contributed by atoms with E-state index < -0.39 is 11.7 Å². The number of hydrogen-bond acceptors (Lipinski definition) is 4. The third-order valence-electron chi connectivity index (χ3n) is 5.31. The fourth-order valence-electron chi connectivity index (χ4n) is 3.91. The van der Waals surface area contributed by atoms with Crippen LogP contribution in [0.25, 0.3) is 10.9 Å². The number of rotatable bonds is 4. The number of Topliss-reactive ketones (excluding diaryl/α,β-unsaturated/α-hetero) is 1. The van der Waals surface area contributed by atoms with Gasteiger partial charge < -0.3 is 19.9 Å². The molecule has 24 heavy (non-hydrogen) atoms. The van der Waals surface area contributed by atoms with Crippen LogP contribution in [-0.2, 0) is 4.79 Å². The Bertz CT molecular complexity index is 790. The number of amides is 1. The first-order valence-electron chi connectivity index (χ1n) is 8.38. The quantitative estimate of drug-likeness (QED) is 0.660. The molecule has 4 heterocycles. The first-order chi connectivity index (χ1) is 11.7. The zero-order valence-electron chi connectivity index (χ0n) is 13.7. The first kappa shape index (κ1) is 15.2. The average Bonchev–Trinajstić information content (AvgIpc) is 3.05. The van der Waals surface area contributed by atoms with Crippen molar-refractivity contribution in [1.29, 1.82) is 0 Å². The summed E-state index contributed by atoms with van der Waals surface area (Å²) in [6.45, 7) is 3.07. The van der Waals surface area contributed by atoms with Gasteiger partial charge in [-0.15, -0.1) is 0 Å². The zero-order chi connectivity index (χ0) is 16.7. The second-order valence-corrected chi connectivity index (χ2v) is 6.66. The van der Waals surface area contributed by atoms with Crippen molar-refractivity contribution < 1.29 is 14.3 Å². The van der Waals surface area contributed by atoms with Crippen LogP contribution in [0.1, 0.15) is 23.2 Å². The molecule has 0 spiro atoms. The topological polar surface area (TPSA) is 74.4 Å². The molecule has 2 bridgehead atoms. The van der Waals surface area contributed by atoms with Gasteiger partial charge in [-0.25, -0.2) is 0 Å². The molecule has 0 unspecified atom stereocenters. The van der Waals surface area contributed by atoms with E-state index in [0.717, 1.165) is 43.4 Å². The maximum Gasteiger partial charge on any atom is 0.292 e. The minimum atomic E-state index is -0.509. The predicted octanol–water partition coefficient (Wildman–Crippen LogP) is 1.57. The van der Waals surface area contributed by atoms with Gasteiger partial charge in [0.25, 0.3) is 11.7 Å². The Morgan fingerprint density at radius 3 is 2.75 bits per heavy atom. The van der Waals surface area contributed by atoms with Crippen LogP contribution in [0.2, 0.25) is 0 Å². The van der Waals surface area contributed by atoms with Crippen LogP contribution >= 0.6 is 0 Å². The second-order valence-electron chi connectivity index (χ2n) is 6.66. The van der Waals surface area contributed by atoms with Gasteiger partial charge in [-0.3, -0.25) is 9.59 Å². The fraction of sp³-hybridized carbons (Fsp3) is 0.444. The van der Waals surface area contributed by atoms with E-state index in [0.29, 0.717) is 17.2 Å². The summed E-state index contributed by atoms with van der Waals surface area (Å²) in [5, 5.41) is 3.70. The normalized spacial score (nSPS) is 25.6. The summed E-state index contributed by atoms with van der Waals surface area (Å²) in [5.74, 6) is 0.215. The van der Waals surface area contributed by atoms with Crippen LogP contribution < -0.4 is 10.1 Å². The Kier molecular flexibility index (Phi) is 3.76. The molecular formula is C18H21N3O3. The summed E-state index contributed by atoms with van der Waals surface area (Å²) in [5.41, 5.74) is 1.19. The molecule has 3 aliphatic heterocycles. The Balaban J connectivity index is 1.52. The van der Waals surface area contributed by atoms with Crippen molar-refractivity contribution in [2.75, 3.05) is 26.7 Å². The molecule has 1 amide bonds. The summed E-state index contributed by atoms with van der Waals surface area (Å²) in [6.07, 6.45) is 3.81. The highest BCUT2D eigenvalue weighted by molar-refractivity contribution is 6.45. The van der Waals surface area contributed by atoms with Crippen LogP contribution in [0.5, 0.6) is 5.75 Å². The number of piperidine rings is 3. The molecule has 0 saturated carbocycles. The molecule has 1 atom stereocenters. The van der Waals surface area contributed by atoms with E-state index in [1.807, 2.05) is 6.07 Å². The lowest BCUT2D eigenvalue weighted by Gasteiger charge is -2.44. The zero-order valence-corrected chi connectivity index (χ0v) is 13.7. The lowest BCUT2D eigenvalue weighted by atomic mass is 9.84. The number of methoxy groups -OCH3 is 1. The molecule has 1 aromatic carbocycles. The van der Waals surface area contributed by atoms with Gasteiger partial charge in [0.1, 0.15) is 5.75 Å². The molecule has 0 aliphatic carbocycles. The SMILES string of the molecule is COc1ccc2c(C(=O)C(=O)N[C@@H]3CN4CCC3CC4)c[nH]c2c1. The monoisotopic (exact) mass is 327 g/mol. The van der Waals surface area contributed by atoms with Crippen molar-refractivity contribution in [3.8, 4) is 5.75 Å². The van der Waals surface area contributed by atoms with Crippen molar-refractivity contribution in [3.63, 3.8) is 0 Å². The average molecular weight is 327 g/mol. The summed E-state index contributed by atoms with van der Waals surface area (Å²) in [4.78, 5) is 30.4. The lowest BCUT2D eigenvalue weighted by Crippen LogP contribution is -2.58. The standard InChI is InChI=1S/C18H21N3O3/c1-24-12-2-3-13-14(9-19-15(13)8-12)17(22)18(23)20-16-10-21-6-4-11(16)5-7-21/h2-3,8-9,11,16,19H,4-7,10H2,1H3,(H,20,23)/t16-/m1/s1. The van der Waals surface area contributed by atoms with Crippen molar-refractivity contribution in [1.82, 2.24) is 15.2 Å². The third-order valence-corrected chi connectivity index (χ3v) is 5.31. The van der Waals surface area contributed by atoms with Gasteiger partial charge in [-0.05, 0) is 44.0 Å². The van der Waals surface area contributed by atoms with Gasteiger partial charge in [-0.1, -0.05) is 0 Å². The summed E-state index contributed by atoms with van der Waals surface area (Å²) >= 11 is 0. The number of nitrogens with zero attached hydrogens (tertiary/aromatic N) is 1. The van der Waals surface area contributed by atoms with Crippen LogP contribution in [0.4, 0.5) is 0 Å². The Labute approximate surface area is 140 Å². The molecule has 3 saturated heterocycles. The number of carbonyl (C=O) groups excluding carboxylic acids is 2. The highest BCUT2D eigenvalue weighted by Crippen LogP contribution is 2.28. The Morgan fingerprint density at radius 2 is 2.08 bits per heavy atom. The molecule has 3 aliphatic rings. The fourth-order valence-corrected chi connectivity index (χ4v) is 3.91. The summed E-state index contributed by atoms with van der Waals surface area (Å²) < 4.78 is 5.18. The predicted molar refractivity (Wildman–Crippen MR) is 90.3 cm³/mol. The van der Waals surface area contributed by atoms with Gasteiger partial charge in [0.05, 0.1) is 12.7 Å². The Morgan fingerprint density at radius 1 is 1.29 bits per heavy atom. The van der Waals surface area contributed by atoms with Gasteiger partial charge in [0.2, 0.25) is 0 Å². The number of aromatic amines is 1. The van der Waals surface area contributed by atoms with E-state index >= 15 is 0 Å². The number of ether oxygens (including phenoxy) is 1. The lowest BCUT2D eigenvalue weighted by molar-refractivity contribution is -0.119. The van der Waals surface area contributed by atoms with E-state index in [-0.39, 0.29) is 6.04 Å². The number of ketones is 1. The molecule has 5 rings (SSSR count). The van der Waals surface area contributed by atoms with E-state index in [2.05, 4.69) is 15.2 Å². The van der Waals surface area contributed by atoms with Crippen molar-refractivity contribution in [2.45, 2.75) is 18.9 Å². The summed E-state index contributed by atoms with van der Waals surface area (Å²) in [6, 6.07) is 5.50. The highest BCUT2D eigenvalue weighted by atomic mass is 16.5.